The van der Waals surface area contributed by atoms with Crippen molar-refractivity contribution in [3.05, 3.63) is 63.6 Å². The topological polar surface area (TPSA) is 153 Å². The minimum Gasteiger partial charge on any atom is -0.481 e. The molecule has 1 heterocycles. The quantitative estimate of drug-likeness (QED) is 0.345. The zero-order valence-electron chi connectivity index (χ0n) is 20.3. The molecule has 2 atom stereocenters. The molecule has 2 aromatic carbocycles. The maximum absolute atomic E-state index is 12.8. The van der Waals surface area contributed by atoms with Crippen molar-refractivity contribution in [2.24, 2.45) is 5.92 Å². The number of nitrogens with zero attached hydrogens (tertiary/aromatic N) is 1. The van der Waals surface area contributed by atoms with Gasteiger partial charge in [0.1, 0.15) is 6.04 Å². The minimum absolute atomic E-state index is 0.000379. The van der Waals surface area contributed by atoms with E-state index in [-0.39, 0.29) is 47.3 Å². The second kappa shape index (κ2) is 13.3. The first kappa shape index (κ1) is 28.9. The highest BCUT2D eigenvalue weighted by Gasteiger charge is 2.31. The number of nitrogens with one attached hydrogen (secondary N) is 2. The standard InChI is InChI=1S/C26H27Cl2N3O7/c27-18-4-1-5-19(28)23(18)25(36)29-17-8-6-15(7-9-17)13-20(26(37)38)30-24(35)16-3-2-12-31(14-16)21(32)10-11-22(33)34/h1,4-9,16,20H,2-3,10-14H2,(H,29,36)(H,30,35)(H,33,34)(H,37,38). The first-order chi connectivity index (χ1) is 18.0. The average molecular weight is 564 g/mol. The molecule has 202 valence electrons. The lowest BCUT2D eigenvalue weighted by atomic mass is 9.95. The Morgan fingerprint density at radius 3 is 2.24 bits per heavy atom. The molecule has 0 bridgehead atoms. The fraction of sp³-hybridized carbons (Fsp3) is 0.346. The summed E-state index contributed by atoms with van der Waals surface area (Å²) in [4.78, 5) is 61.7. The highest BCUT2D eigenvalue weighted by atomic mass is 35.5. The molecule has 0 aliphatic carbocycles. The highest BCUT2D eigenvalue weighted by molar-refractivity contribution is 6.40. The summed E-state index contributed by atoms with van der Waals surface area (Å²) in [6, 6.07) is 9.98. The molecule has 0 aromatic heterocycles. The van der Waals surface area contributed by atoms with Gasteiger partial charge in [0.05, 0.1) is 27.9 Å². The number of hydrogen-bond donors (Lipinski definition) is 4. The Morgan fingerprint density at radius 1 is 0.974 bits per heavy atom. The molecule has 0 radical (unpaired) electrons. The fourth-order valence-electron chi connectivity index (χ4n) is 4.15. The van der Waals surface area contributed by atoms with Gasteiger partial charge in [-0.1, -0.05) is 41.4 Å². The van der Waals surface area contributed by atoms with E-state index in [1.165, 1.54) is 4.90 Å². The van der Waals surface area contributed by atoms with Gasteiger partial charge in [0.15, 0.2) is 0 Å². The Kier molecular flexibility index (Phi) is 10.1. The number of benzene rings is 2. The van der Waals surface area contributed by atoms with Crippen molar-refractivity contribution in [1.82, 2.24) is 10.2 Å². The summed E-state index contributed by atoms with van der Waals surface area (Å²) in [6.45, 7) is 0.538. The molecule has 1 fully saturated rings. The van der Waals surface area contributed by atoms with Gasteiger partial charge in [-0.15, -0.1) is 0 Å². The lowest BCUT2D eigenvalue weighted by Crippen LogP contribution is -2.50. The van der Waals surface area contributed by atoms with Crippen LogP contribution in [-0.2, 0) is 25.6 Å². The number of carboxylic acids is 2. The van der Waals surface area contributed by atoms with E-state index in [9.17, 15) is 29.1 Å². The molecule has 38 heavy (non-hydrogen) atoms. The largest absolute Gasteiger partial charge is 0.481 e. The van der Waals surface area contributed by atoms with Crippen molar-refractivity contribution in [1.29, 1.82) is 0 Å². The summed E-state index contributed by atoms with van der Waals surface area (Å²) in [7, 11) is 0. The molecule has 3 amide bonds. The van der Waals surface area contributed by atoms with Gasteiger partial charge in [0, 0.05) is 31.6 Å². The smallest absolute Gasteiger partial charge is 0.326 e. The molecule has 0 spiro atoms. The first-order valence-corrected chi connectivity index (χ1v) is 12.7. The molecule has 1 aliphatic heterocycles. The van der Waals surface area contributed by atoms with Crippen LogP contribution < -0.4 is 10.6 Å². The second-order valence-electron chi connectivity index (χ2n) is 8.92. The van der Waals surface area contributed by atoms with Crippen molar-refractivity contribution in [3.8, 4) is 0 Å². The molecular formula is C26H27Cl2N3O7. The molecule has 1 aliphatic rings. The number of anilines is 1. The number of carboxylic acid groups (broad SMARTS) is 2. The van der Waals surface area contributed by atoms with Crippen LogP contribution in [-0.4, -0.2) is 63.9 Å². The lowest BCUT2D eigenvalue weighted by molar-refractivity contribution is -0.144. The number of rotatable bonds is 10. The Labute approximate surface area is 228 Å². The second-order valence-corrected chi connectivity index (χ2v) is 9.74. The lowest BCUT2D eigenvalue weighted by Gasteiger charge is -2.32. The molecule has 1 saturated heterocycles. The van der Waals surface area contributed by atoms with E-state index < -0.39 is 35.7 Å². The maximum Gasteiger partial charge on any atom is 0.326 e. The van der Waals surface area contributed by atoms with Crippen LogP contribution in [0.25, 0.3) is 0 Å². The van der Waals surface area contributed by atoms with E-state index >= 15 is 0 Å². The third kappa shape index (κ3) is 7.93. The highest BCUT2D eigenvalue weighted by Crippen LogP contribution is 2.25. The minimum atomic E-state index is -1.21. The Morgan fingerprint density at radius 2 is 1.63 bits per heavy atom. The summed E-state index contributed by atoms with van der Waals surface area (Å²) in [6.07, 6.45) is 0.609. The molecule has 0 saturated carbocycles. The van der Waals surface area contributed by atoms with Crippen LogP contribution >= 0.6 is 23.2 Å². The number of amides is 3. The monoisotopic (exact) mass is 563 g/mol. The van der Waals surface area contributed by atoms with Gasteiger partial charge in [0.2, 0.25) is 11.8 Å². The number of halogens is 2. The molecule has 3 rings (SSSR count). The van der Waals surface area contributed by atoms with Gasteiger partial charge in [-0.25, -0.2) is 4.79 Å². The Balaban J connectivity index is 1.58. The van der Waals surface area contributed by atoms with Crippen molar-refractivity contribution < 1.29 is 34.2 Å². The van der Waals surface area contributed by atoms with Crippen molar-refractivity contribution in [2.75, 3.05) is 18.4 Å². The van der Waals surface area contributed by atoms with E-state index in [0.717, 1.165) is 0 Å². The van der Waals surface area contributed by atoms with E-state index in [1.54, 1.807) is 42.5 Å². The van der Waals surface area contributed by atoms with Gasteiger partial charge in [-0.3, -0.25) is 19.2 Å². The maximum atomic E-state index is 12.8. The number of hydrogen-bond acceptors (Lipinski definition) is 5. The molecule has 10 nitrogen and oxygen atoms in total. The third-order valence-electron chi connectivity index (χ3n) is 6.15. The summed E-state index contributed by atoms with van der Waals surface area (Å²) in [5.74, 6) is -4.19. The van der Waals surface area contributed by atoms with Crippen LogP contribution in [0.15, 0.2) is 42.5 Å². The van der Waals surface area contributed by atoms with Gasteiger partial charge >= 0.3 is 11.9 Å². The van der Waals surface area contributed by atoms with E-state index in [0.29, 0.717) is 30.6 Å². The van der Waals surface area contributed by atoms with Crippen LogP contribution in [0.4, 0.5) is 5.69 Å². The van der Waals surface area contributed by atoms with E-state index in [4.69, 9.17) is 28.3 Å². The van der Waals surface area contributed by atoms with Gasteiger partial charge in [-0.05, 0) is 42.7 Å². The molecule has 2 unspecified atom stereocenters. The SMILES string of the molecule is O=C(O)CCC(=O)N1CCCC(C(=O)NC(Cc2ccc(NC(=O)c3c(Cl)cccc3Cl)cc2)C(=O)O)C1. The van der Waals surface area contributed by atoms with Gasteiger partial charge in [0.25, 0.3) is 5.91 Å². The summed E-state index contributed by atoms with van der Waals surface area (Å²) in [5, 5.41) is 24.1. The normalized spacial score (nSPS) is 15.8. The Hall–Kier alpha value is -3.63. The zero-order valence-corrected chi connectivity index (χ0v) is 21.8. The van der Waals surface area contributed by atoms with Crippen LogP contribution in [0, 0.1) is 5.92 Å². The summed E-state index contributed by atoms with van der Waals surface area (Å²) >= 11 is 12.1. The van der Waals surface area contributed by atoms with Crippen molar-refractivity contribution >= 4 is 58.5 Å². The number of piperidine rings is 1. The predicted molar refractivity (Wildman–Crippen MR) is 140 cm³/mol. The van der Waals surface area contributed by atoms with Crippen LogP contribution in [0.1, 0.15) is 41.6 Å². The predicted octanol–water partition coefficient (Wildman–Crippen LogP) is 3.46. The Bertz CT molecular complexity index is 1200. The number of carbonyl (C=O) groups is 5. The molecule has 12 heteroatoms. The summed E-state index contributed by atoms with van der Waals surface area (Å²) < 4.78 is 0. The molecule has 4 N–H and O–H groups in total. The third-order valence-corrected chi connectivity index (χ3v) is 6.78. The molecular weight excluding hydrogens is 537 g/mol. The number of likely N-dealkylation sites (tertiary alicyclic amines) is 1. The van der Waals surface area contributed by atoms with Crippen LogP contribution in [0.2, 0.25) is 10.0 Å². The van der Waals surface area contributed by atoms with Gasteiger partial charge in [-0.2, -0.15) is 0 Å². The summed E-state index contributed by atoms with van der Waals surface area (Å²) in [5.41, 5.74) is 1.19. The first-order valence-electron chi connectivity index (χ1n) is 11.9. The van der Waals surface area contributed by atoms with Crippen molar-refractivity contribution in [3.63, 3.8) is 0 Å². The number of aliphatic carboxylic acids is 2. The number of carbonyl (C=O) groups excluding carboxylic acids is 3. The van der Waals surface area contributed by atoms with Crippen molar-refractivity contribution in [2.45, 2.75) is 38.1 Å². The molecule has 2 aromatic rings. The van der Waals surface area contributed by atoms with Gasteiger partial charge < -0.3 is 25.7 Å². The van der Waals surface area contributed by atoms with E-state index in [1.807, 2.05) is 0 Å². The zero-order chi connectivity index (χ0) is 27.8. The van der Waals surface area contributed by atoms with Crippen LogP contribution in [0.5, 0.6) is 0 Å². The average Bonchev–Trinajstić information content (AvgIpc) is 2.87. The van der Waals surface area contributed by atoms with E-state index in [2.05, 4.69) is 10.6 Å². The van der Waals surface area contributed by atoms with Crippen LogP contribution in [0.3, 0.4) is 0 Å². The fourth-order valence-corrected chi connectivity index (χ4v) is 4.72.